The number of hydrogen-bond donors (Lipinski definition) is 3. The molecule has 0 radical (unpaired) electrons. The number of carbonyl (C=O) groups excluding carboxylic acids is 1. The minimum absolute atomic E-state index is 0.251. The Labute approximate surface area is 125 Å². The van der Waals surface area contributed by atoms with Crippen LogP contribution in [0.25, 0.3) is 0 Å². The summed E-state index contributed by atoms with van der Waals surface area (Å²) < 4.78 is 27.1. The fourth-order valence-corrected chi connectivity index (χ4v) is 4.95. The van der Waals surface area contributed by atoms with Crippen molar-refractivity contribution in [2.45, 2.75) is 26.0 Å². The Balaban J connectivity index is 2.01. The molecule has 3 rings (SSSR count). The van der Waals surface area contributed by atoms with Crippen LogP contribution in [-0.2, 0) is 11.3 Å². The number of carbonyl (C=O) groups is 1. The Morgan fingerprint density at radius 2 is 2.24 bits per heavy atom. The van der Waals surface area contributed by atoms with E-state index in [1.54, 1.807) is 10.4 Å². The molecule has 2 aliphatic heterocycles. The molecule has 0 saturated carbocycles. The molecule has 0 bridgehead atoms. The van der Waals surface area contributed by atoms with Gasteiger partial charge in [0.1, 0.15) is 6.61 Å². The van der Waals surface area contributed by atoms with Crippen LogP contribution in [0.1, 0.15) is 39.5 Å². The molecule has 116 valence electrons. The summed E-state index contributed by atoms with van der Waals surface area (Å²) >= 11 is 0. The first-order valence-corrected chi connectivity index (χ1v) is 8.65. The van der Waals surface area contributed by atoms with Crippen LogP contribution < -0.4 is 5.73 Å². The van der Waals surface area contributed by atoms with Gasteiger partial charge in [0.05, 0.1) is 17.4 Å². The number of benzene rings is 1. The largest absolute Gasteiger partial charge is 0.457 e. The highest BCUT2D eigenvalue weighted by atomic mass is 32.3. The van der Waals surface area contributed by atoms with E-state index in [0.29, 0.717) is 24.4 Å². The lowest BCUT2D eigenvalue weighted by atomic mass is 9.94. The zero-order valence-electron chi connectivity index (χ0n) is 11.9. The first-order chi connectivity index (χ1) is 9.95. The van der Waals surface area contributed by atoms with E-state index in [-0.39, 0.29) is 18.6 Å². The monoisotopic (exact) mass is 312 g/mol. The number of cyclic esters (lactones) is 1. The lowest BCUT2D eigenvalue weighted by Gasteiger charge is -2.42. The molecule has 1 saturated heterocycles. The van der Waals surface area contributed by atoms with Gasteiger partial charge in [-0.1, -0.05) is 6.07 Å². The van der Waals surface area contributed by atoms with Gasteiger partial charge in [0.15, 0.2) is 0 Å². The molecular formula is C14H20N2O4S. The number of fused-ring (bicyclic) bond motifs is 1. The summed E-state index contributed by atoms with van der Waals surface area (Å²) in [7, 11) is -2.73. The van der Waals surface area contributed by atoms with Crippen molar-refractivity contribution in [3.8, 4) is 0 Å². The summed E-state index contributed by atoms with van der Waals surface area (Å²) in [6.07, 6.45) is 0.754. The number of ether oxygens (including phenoxy) is 1. The molecule has 1 unspecified atom stereocenters. The molecule has 2 aliphatic rings. The van der Waals surface area contributed by atoms with E-state index in [9.17, 15) is 13.9 Å². The highest BCUT2D eigenvalue weighted by molar-refractivity contribution is 8.22. The Kier molecular flexibility index (Phi) is 3.71. The lowest BCUT2D eigenvalue weighted by Crippen LogP contribution is -2.33. The number of hydrogen-bond acceptors (Lipinski definition) is 6. The fourth-order valence-electron chi connectivity index (χ4n) is 3.17. The Bertz CT molecular complexity index is 591. The summed E-state index contributed by atoms with van der Waals surface area (Å²) in [6, 6.07) is 3.35. The molecule has 0 spiro atoms. The minimum Gasteiger partial charge on any atom is -0.457 e. The average Bonchev–Trinajstić information content (AvgIpc) is 2.98. The maximum absolute atomic E-state index is 11.6. The van der Waals surface area contributed by atoms with Crippen molar-refractivity contribution in [2.75, 3.05) is 18.8 Å². The normalized spacial score (nSPS) is 23.7. The average molecular weight is 312 g/mol. The third kappa shape index (κ3) is 2.35. The van der Waals surface area contributed by atoms with Gasteiger partial charge in [0.25, 0.3) is 0 Å². The van der Waals surface area contributed by atoms with Crippen molar-refractivity contribution in [1.29, 1.82) is 0 Å². The van der Waals surface area contributed by atoms with Crippen LogP contribution in [0.2, 0.25) is 0 Å². The molecule has 1 aromatic rings. The van der Waals surface area contributed by atoms with E-state index in [0.717, 1.165) is 23.1 Å². The van der Waals surface area contributed by atoms with Gasteiger partial charge in [0, 0.05) is 18.7 Å². The molecular weight excluding hydrogens is 292 g/mol. The lowest BCUT2D eigenvalue weighted by molar-refractivity contribution is 0.0535. The standard InChI is InChI=1S/C14H20N2O4S/c1-9-10(3-4-11-12(9)8-20-14(11)17)13(7-15)16-5-2-6-21(16,18)19/h3-4,13,18-19H,2,5-8,15H2,1H3. The van der Waals surface area contributed by atoms with Gasteiger partial charge in [-0.05, 0) is 30.5 Å². The van der Waals surface area contributed by atoms with Crippen molar-refractivity contribution < 1.29 is 18.6 Å². The second kappa shape index (κ2) is 5.26. The number of rotatable bonds is 3. The van der Waals surface area contributed by atoms with Crippen LogP contribution in [0.3, 0.4) is 0 Å². The molecule has 21 heavy (non-hydrogen) atoms. The zero-order chi connectivity index (χ0) is 15.2. The predicted molar refractivity (Wildman–Crippen MR) is 81.1 cm³/mol. The van der Waals surface area contributed by atoms with Crippen LogP contribution in [0.4, 0.5) is 0 Å². The van der Waals surface area contributed by atoms with Crippen molar-refractivity contribution in [2.24, 2.45) is 5.73 Å². The molecule has 1 fully saturated rings. The Hall–Kier alpha value is -1.12. The highest BCUT2D eigenvalue weighted by Crippen LogP contribution is 2.53. The summed E-state index contributed by atoms with van der Waals surface area (Å²) in [6.45, 7) is 3.13. The van der Waals surface area contributed by atoms with Crippen LogP contribution in [0.5, 0.6) is 0 Å². The summed E-state index contributed by atoms with van der Waals surface area (Å²) in [5.74, 6) is 0.101. The van der Waals surface area contributed by atoms with E-state index >= 15 is 0 Å². The fraction of sp³-hybridized carbons (Fsp3) is 0.500. The second-order valence-electron chi connectivity index (χ2n) is 5.46. The Morgan fingerprint density at radius 1 is 1.48 bits per heavy atom. The predicted octanol–water partition coefficient (Wildman–Crippen LogP) is 2.04. The molecule has 2 heterocycles. The summed E-state index contributed by atoms with van der Waals surface area (Å²) in [5, 5.41) is 0. The van der Waals surface area contributed by atoms with Gasteiger partial charge in [-0.25, -0.2) is 4.79 Å². The van der Waals surface area contributed by atoms with Gasteiger partial charge in [-0.3, -0.25) is 9.11 Å². The molecule has 1 atom stereocenters. The van der Waals surface area contributed by atoms with Gasteiger partial charge < -0.3 is 10.5 Å². The smallest absolute Gasteiger partial charge is 0.338 e. The molecule has 0 amide bonds. The maximum atomic E-state index is 11.6. The van der Waals surface area contributed by atoms with Gasteiger partial charge in [-0.15, -0.1) is 10.8 Å². The van der Waals surface area contributed by atoms with Gasteiger partial charge in [0.2, 0.25) is 0 Å². The quantitative estimate of drug-likeness (QED) is 0.739. The molecule has 1 aromatic carbocycles. The van der Waals surface area contributed by atoms with Crippen LogP contribution >= 0.6 is 10.8 Å². The van der Waals surface area contributed by atoms with E-state index in [4.69, 9.17) is 10.5 Å². The summed E-state index contributed by atoms with van der Waals surface area (Å²) in [4.78, 5) is 11.6. The van der Waals surface area contributed by atoms with E-state index in [2.05, 4.69) is 0 Å². The Morgan fingerprint density at radius 3 is 2.86 bits per heavy atom. The van der Waals surface area contributed by atoms with E-state index in [1.807, 2.05) is 13.0 Å². The maximum Gasteiger partial charge on any atom is 0.338 e. The third-order valence-electron chi connectivity index (χ3n) is 4.31. The summed E-state index contributed by atoms with van der Waals surface area (Å²) in [5.41, 5.74) is 9.27. The van der Waals surface area contributed by atoms with Crippen molar-refractivity contribution in [3.05, 3.63) is 34.4 Å². The van der Waals surface area contributed by atoms with Crippen molar-refractivity contribution >= 4 is 16.7 Å². The van der Waals surface area contributed by atoms with Crippen molar-refractivity contribution in [3.63, 3.8) is 0 Å². The molecule has 0 aromatic heterocycles. The van der Waals surface area contributed by atoms with E-state index in [1.165, 1.54) is 0 Å². The topological polar surface area (TPSA) is 96.0 Å². The zero-order valence-corrected chi connectivity index (χ0v) is 12.7. The SMILES string of the molecule is Cc1c(C(CN)N2CCCS2(O)O)ccc2c1COC2=O. The van der Waals surface area contributed by atoms with Crippen LogP contribution in [0, 0.1) is 6.92 Å². The van der Waals surface area contributed by atoms with E-state index < -0.39 is 10.8 Å². The first kappa shape index (κ1) is 14.8. The second-order valence-corrected chi connectivity index (χ2v) is 7.61. The molecule has 4 N–H and O–H groups in total. The van der Waals surface area contributed by atoms with Gasteiger partial charge >= 0.3 is 5.97 Å². The van der Waals surface area contributed by atoms with Crippen molar-refractivity contribution in [1.82, 2.24) is 4.31 Å². The molecule has 7 heteroatoms. The highest BCUT2D eigenvalue weighted by Gasteiger charge is 2.36. The first-order valence-electron chi connectivity index (χ1n) is 6.98. The van der Waals surface area contributed by atoms with Gasteiger partial charge in [-0.2, -0.15) is 4.31 Å². The van der Waals surface area contributed by atoms with Crippen LogP contribution in [-0.4, -0.2) is 38.2 Å². The third-order valence-corrected chi connectivity index (χ3v) is 6.33. The van der Waals surface area contributed by atoms with Crippen LogP contribution in [0.15, 0.2) is 12.1 Å². The number of esters is 1. The number of nitrogens with zero attached hydrogens (tertiary/aromatic N) is 1. The molecule has 0 aliphatic carbocycles. The minimum atomic E-state index is -2.73. The molecule has 6 nitrogen and oxygen atoms in total. The number of nitrogens with two attached hydrogens (primary N) is 1.